The van der Waals surface area contributed by atoms with E-state index in [1.165, 1.54) is 0 Å². The van der Waals surface area contributed by atoms with E-state index >= 15 is 0 Å². The van der Waals surface area contributed by atoms with Crippen LogP contribution in [0.4, 0.5) is 11.4 Å². The Morgan fingerprint density at radius 2 is 1.00 bits per heavy atom. The molecule has 0 saturated heterocycles. The van der Waals surface area contributed by atoms with Crippen molar-refractivity contribution in [1.82, 2.24) is 0 Å². The smallest absolute Gasteiger partial charge is 0.198 e. The summed E-state index contributed by atoms with van der Waals surface area (Å²) < 4.78 is 11.6. The molecule has 4 aromatic rings. The molecule has 4 rings (SSSR count). The van der Waals surface area contributed by atoms with E-state index in [1.54, 1.807) is 0 Å². The lowest BCUT2D eigenvalue weighted by Gasteiger charge is -2.09. The van der Waals surface area contributed by atoms with E-state index < -0.39 is 0 Å². The van der Waals surface area contributed by atoms with E-state index in [1.807, 2.05) is 109 Å². The molecular formula is C25H22BrN3O2. The Bertz CT molecular complexity index is 1100. The lowest BCUT2D eigenvalue weighted by atomic mass is 10.3. The van der Waals surface area contributed by atoms with Gasteiger partial charge in [-0.2, -0.15) is 0 Å². The van der Waals surface area contributed by atoms with Gasteiger partial charge < -0.3 is 20.5 Å². The van der Waals surface area contributed by atoms with Crippen LogP contribution >= 0.6 is 17.0 Å². The Kier molecular flexibility index (Phi) is 7.67. The zero-order chi connectivity index (χ0) is 20.6. The van der Waals surface area contributed by atoms with Crippen molar-refractivity contribution >= 4 is 34.3 Å². The predicted octanol–water partition coefficient (Wildman–Crippen LogP) is 6.91. The molecule has 0 aliphatic heterocycles. The van der Waals surface area contributed by atoms with Crippen LogP contribution in [0, 0.1) is 0 Å². The van der Waals surface area contributed by atoms with Crippen LogP contribution in [0.3, 0.4) is 0 Å². The third kappa shape index (κ3) is 6.62. The van der Waals surface area contributed by atoms with Gasteiger partial charge in [-0.05, 0) is 72.8 Å². The van der Waals surface area contributed by atoms with E-state index in [4.69, 9.17) is 15.2 Å². The number of rotatable bonds is 6. The van der Waals surface area contributed by atoms with Crippen LogP contribution in [0.2, 0.25) is 0 Å². The molecule has 0 fully saturated rings. The summed E-state index contributed by atoms with van der Waals surface area (Å²) in [5.41, 5.74) is 7.58. The van der Waals surface area contributed by atoms with Crippen molar-refractivity contribution in [2.24, 2.45) is 10.7 Å². The van der Waals surface area contributed by atoms with Crippen molar-refractivity contribution in [3.63, 3.8) is 0 Å². The second-order valence-electron chi connectivity index (χ2n) is 6.47. The van der Waals surface area contributed by atoms with Gasteiger partial charge in [0.2, 0.25) is 0 Å². The number of nitrogens with two attached hydrogens (primary N) is 1. The number of para-hydroxylation sites is 2. The molecule has 6 heteroatoms. The number of halogens is 1. The fourth-order valence-electron chi connectivity index (χ4n) is 2.76. The minimum atomic E-state index is 0. The number of benzene rings is 4. The first kappa shape index (κ1) is 21.9. The van der Waals surface area contributed by atoms with Gasteiger partial charge in [-0.15, -0.1) is 17.0 Å². The molecule has 0 radical (unpaired) electrons. The molecule has 0 unspecified atom stereocenters. The number of nitrogens with zero attached hydrogens (tertiary/aromatic N) is 1. The quantitative estimate of drug-likeness (QED) is 0.235. The predicted molar refractivity (Wildman–Crippen MR) is 131 cm³/mol. The summed E-state index contributed by atoms with van der Waals surface area (Å²) in [5.74, 6) is 3.36. The molecule has 4 aromatic carbocycles. The SMILES string of the molecule is Br.NC(=Nc1ccc(Oc2ccccc2)cc1)Nc1ccc(Oc2ccccc2)cc1. The van der Waals surface area contributed by atoms with Gasteiger partial charge in [0.1, 0.15) is 23.0 Å². The minimum absolute atomic E-state index is 0. The summed E-state index contributed by atoms with van der Waals surface area (Å²) in [7, 11) is 0. The molecule has 0 heterocycles. The molecule has 0 spiro atoms. The van der Waals surface area contributed by atoms with Crippen LogP contribution in [-0.2, 0) is 0 Å². The Labute approximate surface area is 191 Å². The molecule has 156 valence electrons. The van der Waals surface area contributed by atoms with Gasteiger partial charge in [0.25, 0.3) is 0 Å². The normalized spacial score (nSPS) is 10.6. The second-order valence-corrected chi connectivity index (χ2v) is 6.47. The molecule has 0 amide bonds. The van der Waals surface area contributed by atoms with Crippen LogP contribution in [0.5, 0.6) is 23.0 Å². The molecular weight excluding hydrogens is 454 g/mol. The lowest BCUT2D eigenvalue weighted by Crippen LogP contribution is -2.21. The zero-order valence-electron chi connectivity index (χ0n) is 16.6. The first-order valence-electron chi connectivity index (χ1n) is 9.52. The highest BCUT2D eigenvalue weighted by Gasteiger charge is 2.01. The number of nitrogens with one attached hydrogen (secondary N) is 1. The van der Waals surface area contributed by atoms with Crippen LogP contribution in [0.1, 0.15) is 0 Å². The van der Waals surface area contributed by atoms with Gasteiger partial charge in [0.05, 0.1) is 5.69 Å². The monoisotopic (exact) mass is 475 g/mol. The van der Waals surface area contributed by atoms with Crippen molar-refractivity contribution in [2.75, 3.05) is 5.32 Å². The topological polar surface area (TPSA) is 68.9 Å². The number of anilines is 1. The zero-order valence-corrected chi connectivity index (χ0v) is 18.4. The number of hydrogen-bond donors (Lipinski definition) is 2. The summed E-state index contributed by atoms with van der Waals surface area (Å²) in [5, 5.41) is 3.08. The molecule has 0 aromatic heterocycles. The van der Waals surface area contributed by atoms with Gasteiger partial charge in [0.15, 0.2) is 5.96 Å². The van der Waals surface area contributed by atoms with Gasteiger partial charge in [0, 0.05) is 5.69 Å². The number of hydrogen-bond acceptors (Lipinski definition) is 3. The van der Waals surface area contributed by atoms with Crippen molar-refractivity contribution in [3.05, 3.63) is 109 Å². The van der Waals surface area contributed by atoms with E-state index in [2.05, 4.69) is 10.3 Å². The first-order chi connectivity index (χ1) is 14.7. The van der Waals surface area contributed by atoms with Gasteiger partial charge >= 0.3 is 0 Å². The van der Waals surface area contributed by atoms with Crippen LogP contribution in [0.15, 0.2) is 114 Å². The fourth-order valence-corrected chi connectivity index (χ4v) is 2.76. The Balaban J connectivity index is 0.00000272. The van der Waals surface area contributed by atoms with E-state index in [9.17, 15) is 0 Å². The highest BCUT2D eigenvalue weighted by Crippen LogP contribution is 2.25. The Hall–Kier alpha value is -3.77. The second kappa shape index (κ2) is 10.8. The molecule has 0 aliphatic carbocycles. The summed E-state index contributed by atoms with van der Waals surface area (Å²) in [6, 6.07) is 34.2. The third-order valence-electron chi connectivity index (χ3n) is 4.17. The van der Waals surface area contributed by atoms with Crippen molar-refractivity contribution in [1.29, 1.82) is 0 Å². The van der Waals surface area contributed by atoms with Gasteiger partial charge in [-0.25, -0.2) is 4.99 Å². The van der Waals surface area contributed by atoms with Crippen LogP contribution in [0.25, 0.3) is 0 Å². The van der Waals surface area contributed by atoms with Crippen molar-refractivity contribution in [2.45, 2.75) is 0 Å². The van der Waals surface area contributed by atoms with Crippen molar-refractivity contribution in [3.8, 4) is 23.0 Å². The van der Waals surface area contributed by atoms with Gasteiger partial charge in [-0.1, -0.05) is 36.4 Å². The summed E-state index contributed by atoms with van der Waals surface area (Å²) in [6.07, 6.45) is 0. The molecule has 0 bridgehead atoms. The number of aliphatic imine (C=N–C) groups is 1. The largest absolute Gasteiger partial charge is 0.457 e. The maximum atomic E-state index is 6.04. The Morgan fingerprint density at radius 1 is 0.581 bits per heavy atom. The highest BCUT2D eigenvalue weighted by atomic mass is 79.9. The highest BCUT2D eigenvalue weighted by molar-refractivity contribution is 8.93. The fraction of sp³-hybridized carbons (Fsp3) is 0. The number of guanidine groups is 1. The minimum Gasteiger partial charge on any atom is -0.457 e. The summed E-state index contributed by atoms with van der Waals surface area (Å²) in [6.45, 7) is 0. The molecule has 3 N–H and O–H groups in total. The van der Waals surface area contributed by atoms with E-state index in [0.717, 1.165) is 34.4 Å². The van der Waals surface area contributed by atoms with Crippen LogP contribution < -0.4 is 20.5 Å². The summed E-state index contributed by atoms with van der Waals surface area (Å²) in [4.78, 5) is 4.39. The number of ether oxygens (including phenoxy) is 2. The van der Waals surface area contributed by atoms with Crippen molar-refractivity contribution < 1.29 is 9.47 Å². The maximum Gasteiger partial charge on any atom is 0.198 e. The maximum absolute atomic E-state index is 6.04. The average Bonchev–Trinajstić information content (AvgIpc) is 2.78. The molecule has 0 atom stereocenters. The third-order valence-corrected chi connectivity index (χ3v) is 4.17. The molecule has 0 saturated carbocycles. The van der Waals surface area contributed by atoms with Crippen LogP contribution in [-0.4, -0.2) is 5.96 Å². The van der Waals surface area contributed by atoms with E-state index in [0.29, 0.717) is 5.96 Å². The average molecular weight is 476 g/mol. The standard InChI is InChI=1S/C25H21N3O2.BrH/c26-25(27-19-11-15-23(16-12-19)29-21-7-3-1-4-8-21)28-20-13-17-24(18-14-20)30-22-9-5-2-6-10-22;/h1-18H,(H3,26,27,28);1H. The van der Waals surface area contributed by atoms with Gasteiger partial charge in [-0.3, -0.25) is 0 Å². The molecule has 5 nitrogen and oxygen atoms in total. The lowest BCUT2D eigenvalue weighted by molar-refractivity contribution is 0.482. The Morgan fingerprint density at radius 3 is 1.48 bits per heavy atom. The summed E-state index contributed by atoms with van der Waals surface area (Å²) >= 11 is 0. The molecule has 0 aliphatic rings. The molecule has 31 heavy (non-hydrogen) atoms. The first-order valence-corrected chi connectivity index (χ1v) is 9.52. The van der Waals surface area contributed by atoms with E-state index in [-0.39, 0.29) is 17.0 Å².